The molecule has 0 heterocycles. The van der Waals surface area contributed by atoms with E-state index in [-0.39, 0.29) is 25.0 Å². The van der Waals surface area contributed by atoms with E-state index in [1.165, 1.54) is 12.8 Å². The number of hydrogen-bond donors (Lipinski definition) is 2. The fraction of sp³-hybridized carbons (Fsp3) is 0.529. The van der Waals surface area contributed by atoms with Gasteiger partial charge in [-0.2, -0.15) is 0 Å². The van der Waals surface area contributed by atoms with E-state index in [1.54, 1.807) is 11.9 Å². The summed E-state index contributed by atoms with van der Waals surface area (Å²) in [5.41, 5.74) is 6.30. The fourth-order valence-electron chi connectivity index (χ4n) is 3.21. The van der Waals surface area contributed by atoms with E-state index in [9.17, 15) is 9.59 Å². The molecule has 3 N–H and O–H groups in total. The van der Waals surface area contributed by atoms with Crippen molar-refractivity contribution in [2.75, 3.05) is 20.1 Å². The summed E-state index contributed by atoms with van der Waals surface area (Å²) in [7, 11) is 1.72. The number of nitrogens with one attached hydrogen (secondary N) is 1. The first kappa shape index (κ1) is 16.5. The highest BCUT2D eigenvalue weighted by Crippen LogP contribution is 2.35. The normalized spacial score (nSPS) is 16.6. The molecule has 0 aromatic heterocycles. The van der Waals surface area contributed by atoms with Crippen LogP contribution < -0.4 is 11.1 Å². The SMILES string of the molecule is CN(CC(N)=O)CC(=O)N[C@H](c1ccccc1)C1CCCC1. The van der Waals surface area contributed by atoms with E-state index in [4.69, 9.17) is 5.73 Å². The van der Waals surface area contributed by atoms with Crippen LogP contribution in [-0.2, 0) is 9.59 Å². The van der Waals surface area contributed by atoms with Gasteiger partial charge >= 0.3 is 0 Å². The first-order valence-electron chi connectivity index (χ1n) is 7.87. The van der Waals surface area contributed by atoms with Crippen LogP contribution in [0.3, 0.4) is 0 Å². The Labute approximate surface area is 131 Å². The van der Waals surface area contributed by atoms with Crippen molar-refractivity contribution in [2.45, 2.75) is 31.7 Å². The molecule has 0 radical (unpaired) electrons. The van der Waals surface area contributed by atoms with Crippen LogP contribution in [0, 0.1) is 5.92 Å². The van der Waals surface area contributed by atoms with E-state index in [1.807, 2.05) is 18.2 Å². The summed E-state index contributed by atoms with van der Waals surface area (Å²) in [5.74, 6) is 0.00278. The Morgan fingerprint density at radius 3 is 2.45 bits per heavy atom. The lowest BCUT2D eigenvalue weighted by molar-refractivity contribution is -0.124. The van der Waals surface area contributed by atoms with Crippen LogP contribution in [0.5, 0.6) is 0 Å². The molecule has 1 saturated carbocycles. The minimum absolute atomic E-state index is 0.0539. The topological polar surface area (TPSA) is 75.4 Å². The molecule has 5 nitrogen and oxygen atoms in total. The molecule has 0 bridgehead atoms. The van der Waals surface area contributed by atoms with Gasteiger partial charge in [0, 0.05) is 0 Å². The molecule has 2 amide bonds. The Kier molecular flexibility index (Phi) is 5.95. The van der Waals surface area contributed by atoms with Gasteiger partial charge in [0.2, 0.25) is 11.8 Å². The third kappa shape index (κ3) is 4.84. The van der Waals surface area contributed by atoms with Gasteiger partial charge in [-0.3, -0.25) is 14.5 Å². The number of nitrogens with two attached hydrogens (primary N) is 1. The molecular formula is C17H25N3O2. The van der Waals surface area contributed by atoms with E-state index in [2.05, 4.69) is 17.4 Å². The van der Waals surface area contributed by atoms with Crippen molar-refractivity contribution in [1.82, 2.24) is 10.2 Å². The molecule has 0 saturated heterocycles. The van der Waals surface area contributed by atoms with Gasteiger partial charge in [0.05, 0.1) is 19.1 Å². The number of hydrogen-bond acceptors (Lipinski definition) is 3. The average molecular weight is 303 g/mol. The van der Waals surface area contributed by atoms with Gasteiger partial charge in [-0.05, 0) is 31.4 Å². The Morgan fingerprint density at radius 1 is 1.23 bits per heavy atom. The largest absolute Gasteiger partial charge is 0.369 e. The lowest BCUT2D eigenvalue weighted by atomic mass is 9.91. The molecular weight excluding hydrogens is 278 g/mol. The van der Waals surface area contributed by atoms with Crippen LogP contribution >= 0.6 is 0 Å². The first-order valence-corrected chi connectivity index (χ1v) is 7.87. The minimum Gasteiger partial charge on any atom is -0.369 e. The Morgan fingerprint density at radius 2 is 1.86 bits per heavy atom. The maximum absolute atomic E-state index is 12.3. The molecule has 1 aliphatic rings. The number of likely N-dealkylation sites (N-methyl/N-ethyl adjacent to an activating group) is 1. The quantitative estimate of drug-likeness (QED) is 0.800. The van der Waals surface area contributed by atoms with E-state index < -0.39 is 5.91 Å². The van der Waals surface area contributed by atoms with Crippen LogP contribution in [0.2, 0.25) is 0 Å². The maximum Gasteiger partial charge on any atom is 0.234 e. The van der Waals surface area contributed by atoms with Crippen LogP contribution in [0.15, 0.2) is 30.3 Å². The molecule has 1 atom stereocenters. The maximum atomic E-state index is 12.3. The predicted molar refractivity (Wildman–Crippen MR) is 86.0 cm³/mol. The molecule has 1 fully saturated rings. The van der Waals surface area contributed by atoms with Crippen molar-refractivity contribution in [3.63, 3.8) is 0 Å². The highest BCUT2D eigenvalue weighted by Gasteiger charge is 2.27. The highest BCUT2D eigenvalue weighted by molar-refractivity contribution is 5.80. The zero-order valence-electron chi connectivity index (χ0n) is 13.1. The second-order valence-electron chi connectivity index (χ2n) is 6.14. The lowest BCUT2D eigenvalue weighted by Crippen LogP contribution is -2.41. The van der Waals surface area contributed by atoms with Crippen molar-refractivity contribution >= 4 is 11.8 Å². The van der Waals surface area contributed by atoms with Crippen molar-refractivity contribution in [3.05, 3.63) is 35.9 Å². The number of amides is 2. The summed E-state index contributed by atoms with van der Waals surface area (Å²) in [5, 5.41) is 3.15. The summed E-state index contributed by atoms with van der Waals surface area (Å²) in [6.07, 6.45) is 4.75. The average Bonchev–Trinajstić information content (AvgIpc) is 2.98. The number of carbonyl (C=O) groups is 2. The third-order valence-electron chi connectivity index (χ3n) is 4.19. The molecule has 1 aromatic rings. The number of nitrogens with zero attached hydrogens (tertiary/aromatic N) is 1. The van der Waals surface area contributed by atoms with Crippen LogP contribution in [0.1, 0.15) is 37.3 Å². The van der Waals surface area contributed by atoms with Crippen LogP contribution in [-0.4, -0.2) is 36.9 Å². The standard InChI is InChI=1S/C17H25N3O2/c1-20(11-15(18)21)12-16(22)19-17(14-9-5-6-10-14)13-7-3-2-4-8-13/h2-4,7-8,14,17H,5-6,9-12H2,1H3,(H2,18,21)(H,19,22)/t17-/m1/s1. The van der Waals surface area contributed by atoms with E-state index in [0.29, 0.717) is 5.92 Å². The molecule has 1 aromatic carbocycles. The Hall–Kier alpha value is -1.88. The van der Waals surface area contributed by atoms with Crippen molar-refractivity contribution in [3.8, 4) is 0 Å². The zero-order valence-corrected chi connectivity index (χ0v) is 13.1. The van der Waals surface area contributed by atoms with Gasteiger partial charge in [-0.1, -0.05) is 43.2 Å². The number of rotatable bonds is 7. The molecule has 0 aliphatic heterocycles. The molecule has 2 rings (SSSR count). The minimum atomic E-state index is -0.425. The summed E-state index contributed by atoms with van der Waals surface area (Å²) >= 11 is 0. The third-order valence-corrected chi connectivity index (χ3v) is 4.19. The molecule has 1 aliphatic carbocycles. The predicted octanol–water partition coefficient (Wildman–Crippen LogP) is 1.45. The van der Waals surface area contributed by atoms with Gasteiger partial charge in [0.15, 0.2) is 0 Å². The fourth-order valence-corrected chi connectivity index (χ4v) is 3.21. The summed E-state index contributed by atoms with van der Waals surface area (Å²) in [4.78, 5) is 24.8. The number of primary amides is 1. The summed E-state index contributed by atoms with van der Waals surface area (Å²) in [6.45, 7) is 0.270. The van der Waals surface area contributed by atoms with Gasteiger partial charge in [0.25, 0.3) is 0 Å². The molecule has 22 heavy (non-hydrogen) atoms. The smallest absolute Gasteiger partial charge is 0.234 e. The highest BCUT2D eigenvalue weighted by atomic mass is 16.2. The molecule has 120 valence electrons. The van der Waals surface area contributed by atoms with Crippen LogP contribution in [0.25, 0.3) is 0 Å². The van der Waals surface area contributed by atoms with Gasteiger partial charge in [0.1, 0.15) is 0 Å². The Bertz CT molecular complexity index is 498. The van der Waals surface area contributed by atoms with Crippen molar-refractivity contribution in [2.24, 2.45) is 11.7 Å². The summed E-state index contributed by atoms with van der Waals surface area (Å²) < 4.78 is 0. The summed E-state index contributed by atoms with van der Waals surface area (Å²) in [6, 6.07) is 10.2. The van der Waals surface area contributed by atoms with Crippen molar-refractivity contribution < 1.29 is 9.59 Å². The van der Waals surface area contributed by atoms with Gasteiger partial charge in [-0.15, -0.1) is 0 Å². The molecule has 0 spiro atoms. The Balaban J connectivity index is 2.00. The number of carbonyl (C=O) groups excluding carboxylic acids is 2. The second-order valence-corrected chi connectivity index (χ2v) is 6.14. The van der Waals surface area contributed by atoms with E-state index >= 15 is 0 Å². The van der Waals surface area contributed by atoms with Crippen LogP contribution in [0.4, 0.5) is 0 Å². The zero-order chi connectivity index (χ0) is 15.9. The van der Waals surface area contributed by atoms with Gasteiger partial charge < -0.3 is 11.1 Å². The lowest BCUT2D eigenvalue weighted by Gasteiger charge is -2.26. The van der Waals surface area contributed by atoms with E-state index in [0.717, 1.165) is 18.4 Å². The monoisotopic (exact) mass is 303 g/mol. The van der Waals surface area contributed by atoms with Crippen molar-refractivity contribution in [1.29, 1.82) is 0 Å². The molecule has 0 unspecified atom stereocenters. The molecule has 5 heteroatoms. The van der Waals surface area contributed by atoms with Gasteiger partial charge in [-0.25, -0.2) is 0 Å². The second kappa shape index (κ2) is 7.94. The number of benzene rings is 1. The first-order chi connectivity index (χ1) is 10.6.